The summed E-state index contributed by atoms with van der Waals surface area (Å²) in [6.07, 6.45) is 0. The van der Waals surface area contributed by atoms with E-state index < -0.39 is 0 Å². The fraction of sp³-hybridized carbons (Fsp3) is 0.267. The summed E-state index contributed by atoms with van der Waals surface area (Å²) < 4.78 is 5.22. The highest BCUT2D eigenvalue weighted by Crippen LogP contribution is 2.26. The number of methoxy groups -OCH3 is 1. The Kier molecular flexibility index (Phi) is 3.82. The molecule has 0 saturated carbocycles. The van der Waals surface area contributed by atoms with Crippen molar-refractivity contribution in [2.24, 2.45) is 0 Å². The zero-order valence-corrected chi connectivity index (χ0v) is 11.0. The van der Waals surface area contributed by atoms with E-state index in [0.29, 0.717) is 0 Å². The molecule has 0 fully saturated rings. The molecule has 0 aliphatic heterocycles. The topological polar surface area (TPSA) is 34.1 Å². The van der Waals surface area contributed by atoms with E-state index in [-0.39, 0.29) is 0 Å². The normalized spacial score (nSPS) is 10.2. The molecule has 0 aliphatic carbocycles. The highest BCUT2D eigenvalue weighted by atomic mass is 16.5. The van der Waals surface area contributed by atoms with Crippen molar-refractivity contribution >= 4 is 5.82 Å². The molecule has 0 bridgehead atoms. The van der Waals surface area contributed by atoms with E-state index in [1.165, 1.54) is 0 Å². The van der Waals surface area contributed by atoms with Crippen LogP contribution in [0.2, 0.25) is 0 Å². The first kappa shape index (κ1) is 12.4. The van der Waals surface area contributed by atoms with Crippen LogP contribution in [0.15, 0.2) is 36.4 Å². The molecule has 0 unspecified atom stereocenters. The number of rotatable bonds is 4. The van der Waals surface area contributed by atoms with E-state index >= 15 is 0 Å². The molecule has 1 N–H and O–H groups in total. The van der Waals surface area contributed by atoms with Crippen LogP contribution in [0.25, 0.3) is 11.3 Å². The van der Waals surface area contributed by atoms with Gasteiger partial charge in [0.1, 0.15) is 11.6 Å². The van der Waals surface area contributed by atoms with E-state index in [1.807, 2.05) is 36.4 Å². The van der Waals surface area contributed by atoms with Crippen molar-refractivity contribution in [1.29, 1.82) is 0 Å². The van der Waals surface area contributed by atoms with Crippen molar-refractivity contribution in [1.82, 2.24) is 4.98 Å². The Balaban J connectivity index is 2.38. The lowest BCUT2D eigenvalue weighted by atomic mass is 10.0. The monoisotopic (exact) mass is 242 g/mol. The third-order valence-corrected chi connectivity index (χ3v) is 2.82. The minimum absolute atomic E-state index is 0.873. The minimum atomic E-state index is 0.873. The summed E-state index contributed by atoms with van der Waals surface area (Å²) in [6, 6.07) is 12.1. The van der Waals surface area contributed by atoms with Crippen LogP contribution >= 0.6 is 0 Å². The lowest BCUT2D eigenvalue weighted by Crippen LogP contribution is -1.99. The molecule has 0 saturated heterocycles. The first-order chi connectivity index (χ1) is 8.74. The largest absolute Gasteiger partial charge is 0.497 e. The lowest BCUT2D eigenvalue weighted by molar-refractivity contribution is 0.414. The number of hydrogen-bond donors (Lipinski definition) is 1. The van der Waals surface area contributed by atoms with Gasteiger partial charge < -0.3 is 10.1 Å². The summed E-state index contributed by atoms with van der Waals surface area (Å²) >= 11 is 0. The van der Waals surface area contributed by atoms with Gasteiger partial charge in [0.25, 0.3) is 0 Å². The Morgan fingerprint density at radius 1 is 1.22 bits per heavy atom. The van der Waals surface area contributed by atoms with Gasteiger partial charge in [0.15, 0.2) is 0 Å². The highest BCUT2D eigenvalue weighted by Gasteiger charge is 2.05. The minimum Gasteiger partial charge on any atom is -0.497 e. The zero-order valence-electron chi connectivity index (χ0n) is 11.0. The van der Waals surface area contributed by atoms with Crippen molar-refractivity contribution in [3.05, 3.63) is 42.0 Å². The maximum absolute atomic E-state index is 5.22. The quantitative estimate of drug-likeness (QED) is 0.891. The van der Waals surface area contributed by atoms with E-state index in [9.17, 15) is 0 Å². The van der Waals surface area contributed by atoms with Crippen LogP contribution in [0.1, 0.15) is 12.5 Å². The van der Waals surface area contributed by atoms with Crippen LogP contribution in [0, 0.1) is 6.92 Å². The summed E-state index contributed by atoms with van der Waals surface area (Å²) in [6.45, 7) is 5.00. The highest BCUT2D eigenvalue weighted by molar-refractivity contribution is 5.66. The summed E-state index contributed by atoms with van der Waals surface area (Å²) in [5.41, 5.74) is 3.28. The number of aryl methyl sites for hydroxylation is 1. The first-order valence-corrected chi connectivity index (χ1v) is 6.10. The molecule has 0 aliphatic rings. The molecule has 0 amide bonds. The van der Waals surface area contributed by atoms with Crippen molar-refractivity contribution in [3.8, 4) is 17.0 Å². The number of hydrogen-bond acceptors (Lipinski definition) is 3. The second-order valence-electron chi connectivity index (χ2n) is 4.12. The van der Waals surface area contributed by atoms with Crippen molar-refractivity contribution in [2.75, 3.05) is 19.0 Å². The van der Waals surface area contributed by atoms with Crippen LogP contribution in [0.3, 0.4) is 0 Å². The molecule has 3 nitrogen and oxygen atoms in total. The van der Waals surface area contributed by atoms with E-state index in [0.717, 1.165) is 34.9 Å². The number of benzene rings is 1. The van der Waals surface area contributed by atoms with Gasteiger partial charge in [-0.15, -0.1) is 0 Å². The molecular weight excluding hydrogens is 224 g/mol. The molecule has 2 rings (SSSR count). The predicted molar refractivity (Wildman–Crippen MR) is 75.1 cm³/mol. The molecule has 1 aromatic heterocycles. The van der Waals surface area contributed by atoms with Gasteiger partial charge in [0, 0.05) is 12.1 Å². The predicted octanol–water partition coefficient (Wildman–Crippen LogP) is 3.50. The van der Waals surface area contributed by atoms with Gasteiger partial charge in [-0.2, -0.15) is 0 Å². The van der Waals surface area contributed by atoms with E-state index in [4.69, 9.17) is 4.74 Å². The SMILES string of the molecule is CCNc1cccc(-c2ccc(OC)cc2C)n1. The van der Waals surface area contributed by atoms with E-state index in [2.05, 4.69) is 24.1 Å². The Morgan fingerprint density at radius 2 is 2.06 bits per heavy atom. The van der Waals surface area contributed by atoms with Crippen molar-refractivity contribution < 1.29 is 4.74 Å². The molecule has 1 aromatic carbocycles. The number of ether oxygens (including phenoxy) is 1. The smallest absolute Gasteiger partial charge is 0.126 e. The average molecular weight is 242 g/mol. The van der Waals surface area contributed by atoms with Gasteiger partial charge in [0.05, 0.1) is 12.8 Å². The number of aromatic nitrogens is 1. The van der Waals surface area contributed by atoms with Crippen molar-refractivity contribution in [2.45, 2.75) is 13.8 Å². The van der Waals surface area contributed by atoms with Crippen LogP contribution in [-0.2, 0) is 0 Å². The standard InChI is InChI=1S/C15H18N2O/c1-4-16-15-7-5-6-14(17-15)13-9-8-12(18-3)10-11(13)2/h5-10H,4H2,1-3H3,(H,16,17). The van der Waals surface area contributed by atoms with Crippen LogP contribution in [-0.4, -0.2) is 18.6 Å². The van der Waals surface area contributed by atoms with Gasteiger partial charge in [-0.1, -0.05) is 6.07 Å². The van der Waals surface area contributed by atoms with Gasteiger partial charge in [-0.25, -0.2) is 4.98 Å². The van der Waals surface area contributed by atoms with E-state index in [1.54, 1.807) is 7.11 Å². The summed E-state index contributed by atoms with van der Waals surface area (Å²) in [5, 5.41) is 3.22. The molecular formula is C15H18N2O. The molecule has 94 valence electrons. The van der Waals surface area contributed by atoms with Gasteiger partial charge in [0.2, 0.25) is 0 Å². The summed E-state index contributed by atoms with van der Waals surface area (Å²) in [4.78, 5) is 4.60. The molecule has 0 atom stereocenters. The lowest BCUT2D eigenvalue weighted by Gasteiger charge is -2.09. The molecule has 18 heavy (non-hydrogen) atoms. The van der Waals surface area contributed by atoms with Crippen LogP contribution < -0.4 is 10.1 Å². The Morgan fingerprint density at radius 3 is 2.72 bits per heavy atom. The summed E-state index contributed by atoms with van der Waals surface area (Å²) in [5.74, 6) is 1.78. The van der Waals surface area contributed by atoms with Crippen molar-refractivity contribution in [3.63, 3.8) is 0 Å². The van der Waals surface area contributed by atoms with Gasteiger partial charge >= 0.3 is 0 Å². The number of nitrogens with zero attached hydrogens (tertiary/aromatic N) is 1. The maximum Gasteiger partial charge on any atom is 0.126 e. The maximum atomic E-state index is 5.22. The van der Waals surface area contributed by atoms with Crippen LogP contribution in [0.4, 0.5) is 5.82 Å². The summed E-state index contributed by atoms with van der Waals surface area (Å²) in [7, 11) is 1.68. The molecule has 2 aromatic rings. The third-order valence-electron chi connectivity index (χ3n) is 2.82. The fourth-order valence-electron chi connectivity index (χ4n) is 1.91. The number of pyridine rings is 1. The molecule has 0 radical (unpaired) electrons. The Bertz CT molecular complexity index is 538. The second-order valence-corrected chi connectivity index (χ2v) is 4.12. The number of nitrogens with one attached hydrogen (secondary N) is 1. The molecule has 3 heteroatoms. The van der Waals surface area contributed by atoms with Crippen LogP contribution in [0.5, 0.6) is 5.75 Å². The zero-order chi connectivity index (χ0) is 13.0. The third kappa shape index (κ3) is 2.62. The first-order valence-electron chi connectivity index (χ1n) is 6.10. The molecule has 1 heterocycles. The number of anilines is 1. The van der Waals surface area contributed by atoms with Gasteiger partial charge in [-0.05, 0) is 49.7 Å². The molecule has 0 spiro atoms. The average Bonchev–Trinajstić information content (AvgIpc) is 2.39. The Labute approximate surface area is 108 Å². The second kappa shape index (κ2) is 5.54. The Hall–Kier alpha value is -2.03. The fourth-order valence-corrected chi connectivity index (χ4v) is 1.91. The van der Waals surface area contributed by atoms with Gasteiger partial charge in [-0.3, -0.25) is 0 Å².